The van der Waals surface area contributed by atoms with E-state index in [1.54, 1.807) is 13.0 Å². The molecule has 0 saturated carbocycles. The lowest BCUT2D eigenvalue weighted by Gasteiger charge is -2.05. The predicted molar refractivity (Wildman–Crippen MR) is 53.6 cm³/mol. The highest BCUT2D eigenvalue weighted by atomic mass is 16.5. The van der Waals surface area contributed by atoms with Gasteiger partial charge in [-0.05, 0) is 19.1 Å². The predicted octanol–water partition coefficient (Wildman–Crippen LogP) is 0.618. The van der Waals surface area contributed by atoms with Crippen LogP contribution in [-0.4, -0.2) is 30.5 Å². The van der Waals surface area contributed by atoms with Gasteiger partial charge in [-0.1, -0.05) is 0 Å². The Morgan fingerprint density at radius 1 is 1.53 bits per heavy atom. The van der Waals surface area contributed by atoms with Crippen LogP contribution >= 0.6 is 0 Å². The van der Waals surface area contributed by atoms with Gasteiger partial charge in [0.15, 0.2) is 0 Å². The van der Waals surface area contributed by atoms with E-state index in [9.17, 15) is 9.59 Å². The molecule has 1 amide bonds. The number of hydrogen-bond acceptors (Lipinski definition) is 4. The van der Waals surface area contributed by atoms with Crippen LogP contribution in [0.3, 0.4) is 0 Å². The lowest BCUT2D eigenvalue weighted by molar-refractivity contribution is 0.0595. The number of nitrogens with zero attached hydrogens (tertiary/aromatic N) is 1. The van der Waals surface area contributed by atoms with Gasteiger partial charge in [0, 0.05) is 12.7 Å². The quantitative estimate of drug-likeness (QED) is 0.739. The number of pyridine rings is 1. The van der Waals surface area contributed by atoms with Crippen molar-refractivity contribution in [3.8, 4) is 0 Å². The highest BCUT2D eigenvalue weighted by molar-refractivity contribution is 6.03. The molecule has 5 nitrogen and oxygen atoms in total. The average molecular weight is 208 g/mol. The van der Waals surface area contributed by atoms with Crippen LogP contribution in [0.2, 0.25) is 0 Å². The Hall–Kier alpha value is -1.91. The Kier molecular flexibility index (Phi) is 3.79. The number of amides is 1. The van der Waals surface area contributed by atoms with Crippen molar-refractivity contribution >= 4 is 11.9 Å². The van der Waals surface area contributed by atoms with Crippen LogP contribution in [0.15, 0.2) is 18.3 Å². The van der Waals surface area contributed by atoms with E-state index in [1.165, 1.54) is 19.4 Å². The van der Waals surface area contributed by atoms with Gasteiger partial charge in [0.05, 0.1) is 12.7 Å². The van der Waals surface area contributed by atoms with Gasteiger partial charge in [-0.25, -0.2) is 4.79 Å². The Morgan fingerprint density at radius 3 is 2.87 bits per heavy atom. The van der Waals surface area contributed by atoms with Gasteiger partial charge < -0.3 is 10.1 Å². The van der Waals surface area contributed by atoms with E-state index in [2.05, 4.69) is 15.0 Å². The van der Waals surface area contributed by atoms with Crippen LogP contribution in [-0.2, 0) is 4.74 Å². The molecule has 0 aromatic carbocycles. The van der Waals surface area contributed by atoms with Crippen molar-refractivity contribution in [1.29, 1.82) is 0 Å². The minimum absolute atomic E-state index is 0.0891. The zero-order chi connectivity index (χ0) is 11.3. The van der Waals surface area contributed by atoms with Gasteiger partial charge >= 0.3 is 5.97 Å². The van der Waals surface area contributed by atoms with E-state index >= 15 is 0 Å². The minimum atomic E-state index is -0.565. The molecule has 0 spiro atoms. The minimum Gasteiger partial charge on any atom is -0.465 e. The van der Waals surface area contributed by atoms with E-state index in [-0.39, 0.29) is 17.2 Å². The largest absolute Gasteiger partial charge is 0.465 e. The van der Waals surface area contributed by atoms with Crippen LogP contribution in [0, 0.1) is 0 Å². The summed E-state index contributed by atoms with van der Waals surface area (Å²) in [7, 11) is 1.26. The SMILES string of the molecule is CCNC(=O)c1ncccc1C(=O)OC. The summed E-state index contributed by atoms with van der Waals surface area (Å²) in [5, 5.41) is 2.57. The van der Waals surface area contributed by atoms with Crippen LogP contribution < -0.4 is 5.32 Å². The number of nitrogens with one attached hydrogen (secondary N) is 1. The molecule has 0 saturated heterocycles. The average Bonchev–Trinajstić information content (AvgIpc) is 2.28. The lowest BCUT2D eigenvalue weighted by atomic mass is 10.2. The summed E-state index contributed by atoms with van der Waals surface area (Å²) in [6.45, 7) is 2.27. The van der Waals surface area contributed by atoms with Crippen molar-refractivity contribution in [3.05, 3.63) is 29.6 Å². The van der Waals surface area contributed by atoms with Crippen molar-refractivity contribution in [2.75, 3.05) is 13.7 Å². The van der Waals surface area contributed by atoms with Crippen LogP contribution in [0.25, 0.3) is 0 Å². The van der Waals surface area contributed by atoms with E-state index in [4.69, 9.17) is 0 Å². The standard InChI is InChI=1S/C10H12N2O3/c1-3-11-9(13)8-7(10(14)15-2)5-4-6-12-8/h4-6H,3H2,1-2H3,(H,11,13). The topological polar surface area (TPSA) is 68.3 Å². The van der Waals surface area contributed by atoms with Gasteiger partial charge in [-0.3, -0.25) is 9.78 Å². The molecule has 15 heavy (non-hydrogen) atoms. The van der Waals surface area contributed by atoms with Gasteiger partial charge in [0.2, 0.25) is 0 Å². The van der Waals surface area contributed by atoms with Gasteiger partial charge in [0.1, 0.15) is 5.69 Å². The van der Waals surface area contributed by atoms with Crippen molar-refractivity contribution < 1.29 is 14.3 Å². The molecule has 0 fully saturated rings. The summed E-state index contributed by atoms with van der Waals surface area (Å²) in [6.07, 6.45) is 1.46. The summed E-state index contributed by atoms with van der Waals surface area (Å²) in [5.41, 5.74) is 0.261. The fraction of sp³-hybridized carbons (Fsp3) is 0.300. The summed E-state index contributed by atoms with van der Waals surface area (Å²) in [5.74, 6) is -0.942. The zero-order valence-electron chi connectivity index (χ0n) is 8.61. The summed E-state index contributed by atoms with van der Waals surface area (Å²) in [4.78, 5) is 26.7. The molecule has 0 radical (unpaired) electrons. The van der Waals surface area contributed by atoms with Crippen molar-refractivity contribution in [1.82, 2.24) is 10.3 Å². The summed E-state index contributed by atoms with van der Waals surface area (Å²) >= 11 is 0. The number of rotatable bonds is 3. The van der Waals surface area contributed by atoms with Crippen molar-refractivity contribution in [3.63, 3.8) is 0 Å². The van der Waals surface area contributed by atoms with Gasteiger partial charge in [-0.15, -0.1) is 0 Å². The monoisotopic (exact) mass is 208 g/mol. The zero-order valence-corrected chi connectivity index (χ0v) is 8.61. The maximum absolute atomic E-state index is 11.5. The number of carbonyl (C=O) groups is 2. The van der Waals surface area contributed by atoms with E-state index < -0.39 is 5.97 Å². The van der Waals surface area contributed by atoms with E-state index in [0.29, 0.717) is 6.54 Å². The third-order valence-corrected chi connectivity index (χ3v) is 1.77. The van der Waals surface area contributed by atoms with Gasteiger partial charge in [0.25, 0.3) is 5.91 Å². The fourth-order valence-corrected chi connectivity index (χ4v) is 1.11. The normalized spacial score (nSPS) is 9.47. The number of aromatic nitrogens is 1. The summed E-state index contributed by atoms with van der Waals surface area (Å²) < 4.78 is 4.55. The first-order valence-electron chi connectivity index (χ1n) is 4.52. The first kappa shape index (κ1) is 11.2. The van der Waals surface area contributed by atoms with Crippen molar-refractivity contribution in [2.24, 2.45) is 0 Å². The molecule has 5 heteroatoms. The van der Waals surface area contributed by atoms with Crippen LogP contribution in [0.5, 0.6) is 0 Å². The molecule has 0 aliphatic rings. The molecule has 0 unspecified atom stereocenters. The number of esters is 1. The Morgan fingerprint density at radius 2 is 2.27 bits per heavy atom. The van der Waals surface area contributed by atoms with Crippen molar-refractivity contribution in [2.45, 2.75) is 6.92 Å². The Bertz CT molecular complexity index is 377. The smallest absolute Gasteiger partial charge is 0.340 e. The number of hydrogen-bond donors (Lipinski definition) is 1. The molecule has 0 aliphatic carbocycles. The summed E-state index contributed by atoms with van der Waals surface area (Å²) in [6, 6.07) is 3.08. The second kappa shape index (κ2) is 5.09. The highest BCUT2D eigenvalue weighted by Crippen LogP contribution is 2.06. The van der Waals surface area contributed by atoms with Gasteiger partial charge in [-0.2, -0.15) is 0 Å². The molecular weight excluding hydrogens is 196 g/mol. The molecule has 1 aromatic rings. The third-order valence-electron chi connectivity index (χ3n) is 1.77. The molecular formula is C10H12N2O3. The maximum atomic E-state index is 11.5. The molecule has 0 bridgehead atoms. The first-order valence-corrected chi connectivity index (χ1v) is 4.52. The Labute approximate surface area is 87.5 Å². The molecule has 1 rings (SSSR count). The second-order valence-corrected chi connectivity index (χ2v) is 2.75. The van der Waals surface area contributed by atoms with Crippen LogP contribution in [0.1, 0.15) is 27.8 Å². The Balaban J connectivity index is 3.06. The lowest BCUT2D eigenvalue weighted by Crippen LogP contribution is -2.26. The second-order valence-electron chi connectivity index (χ2n) is 2.75. The number of ether oxygens (including phenoxy) is 1. The molecule has 0 atom stereocenters. The number of methoxy groups -OCH3 is 1. The van der Waals surface area contributed by atoms with E-state index in [1.807, 2.05) is 0 Å². The highest BCUT2D eigenvalue weighted by Gasteiger charge is 2.17. The van der Waals surface area contributed by atoms with E-state index in [0.717, 1.165) is 0 Å². The third kappa shape index (κ3) is 2.52. The maximum Gasteiger partial charge on any atom is 0.340 e. The number of carbonyl (C=O) groups excluding carboxylic acids is 2. The molecule has 0 aliphatic heterocycles. The van der Waals surface area contributed by atoms with Crippen LogP contribution in [0.4, 0.5) is 0 Å². The molecule has 1 heterocycles. The molecule has 1 N–H and O–H groups in total. The molecule has 1 aromatic heterocycles. The fourth-order valence-electron chi connectivity index (χ4n) is 1.11. The first-order chi connectivity index (χ1) is 7.20. The molecule has 80 valence electrons.